The molecule has 0 aliphatic rings. The fourth-order valence-electron chi connectivity index (χ4n) is 1.88. The third-order valence-electron chi connectivity index (χ3n) is 2.64. The largest absolute Gasteiger partial charge is 0.287 e. The molecule has 0 amide bonds. The first-order valence-electron chi connectivity index (χ1n) is 5.70. The Morgan fingerprint density at radius 1 is 1.47 bits per heavy atom. The molecule has 0 aliphatic carbocycles. The maximum atomic E-state index is 12.3. The molecule has 0 N–H and O–H groups in total. The van der Waals surface area contributed by atoms with Crippen molar-refractivity contribution in [3.8, 4) is 0 Å². The summed E-state index contributed by atoms with van der Waals surface area (Å²) in [7, 11) is 1.81. The van der Waals surface area contributed by atoms with Crippen LogP contribution in [0, 0.1) is 6.92 Å². The number of nitrogens with zero attached hydrogens (tertiary/aromatic N) is 4. The van der Waals surface area contributed by atoms with Gasteiger partial charge in [0, 0.05) is 26.0 Å². The zero-order valence-electron chi connectivity index (χ0n) is 10.3. The molecule has 0 atom stereocenters. The fraction of sp³-hybridized carbons (Fsp3) is 0.417. The number of aryl methyl sites for hydroxylation is 3. The quantitative estimate of drug-likeness (QED) is 0.752. The van der Waals surface area contributed by atoms with Crippen molar-refractivity contribution in [3.05, 3.63) is 35.4 Å². The van der Waals surface area contributed by atoms with Crippen LogP contribution in [-0.4, -0.2) is 25.3 Å². The van der Waals surface area contributed by atoms with Gasteiger partial charge < -0.3 is 0 Å². The van der Waals surface area contributed by atoms with Crippen molar-refractivity contribution < 1.29 is 4.79 Å². The van der Waals surface area contributed by atoms with E-state index in [-0.39, 0.29) is 5.78 Å². The zero-order valence-corrected chi connectivity index (χ0v) is 10.3. The lowest BCUT2D eigenvalue weighted by atomic mass is 10.1. The molecule has 0 saturated carbocycles. The molecule has 0 spiro atoms. The predicted molar refractivity (Wildman–Crippen MR) is 63.9 cm³/mol. The Hall–Kier alpha value is -1.91. The molecule has 17 heavy (non-hydrogen) atoms. The van der Waals surface area contributed by atoms with Crippen LogP contribution in [0.2, 0.25) is 0 Å². The first-order valence-corrected chi connectivity index (χ1v) is 5.70. The molecule has 2 aromatic rings. The fourth-order valence-corrected chi connectivity index (χ4v) is 1.88. The molecule has 0 saturated heterocycles. The van der Waals surface area contributed by atoms with Gasteiger partial charge in [-0.2, -0.15) is 10.2 Å². The van der Waals surface area contributed by atoms with Crippen molar-refractivity contribution in [2.75, 3.05) is 0 Å². The minimum Gasteiger partial charge on any atom is -0.287 e. The van der Waals surface area contributed by atoms with Gasteiger partial charge in [-0.05, 0) is 19.4 Å². The zero-order chi connectivity index (χ0) is 12.4. The predicted octanol–water partition coefficient (Wildman–Crippen LogP) is 1.57. The van der Waals surface area contributed by atoms with Crippen molar-refractivity contribution in [1.82, 2.24) is 19.6 Å². The summed E-state index contributed by atoms with van der Waals surface area (Å²) in [5.74, 6) is -0.0125. The Kier molecular flexibility index (Phi) is 3.08. The molecule has 2 aromatic heterocycles. The monoisotopic (exact) mass is 232 g/mol. The molecule has 2 rings (SSSR count). The molecular formula is C12H16N4O. The number of ketones is 1. The minimum absolute atomic E-state index is 0.0125. The van der Waals surface area contributed by atoms with Crippen LogP contribution < -0.4 is 0 Å². The number of hydrogen-bond acceptors (Lipinski definition) is 3. The second kappa shape index (κ2) is 4.53. The van der Waals surface area contributed by atoms with Crippen LogP contribution in [0.4, 0.5) is 0 Å². The SMILES string of the molecule is CCCn1nccc1C(=O)c1cn(C)nc1C. The number of rotatable bonds is 4. The van der Waals surface area contributed by atoms with Crippen LogP contribution in [-0.2, 0) is 13.6 Å². The highest BCUT2D eigenvalue weighted by Crippen LogP contribution is 2.12. The van der Waals surface area contributed by atoms with Gasteiger partial charge in [0.15, 0.2) is 0 Å². The van der Waals surface area contributed by atoms with Crippen LogP contribution in [0.1, 0.15) is 35.1 Å². The third kappa shape index (κ3) is 2.13. The van der Waals surface area contributed by atoms with Gasteiger partial charge in [0.05, 0.1) is 11.3 Å². The molecule has 2 heterocycles. The number of carbonyl (C=O) groups excluding carboxylic acids is 1. The molecule has 90 valence electrons. The maximum absolute atomic E-state index is 12.3. The normalized spacial score (nSPS) is 10.8. The van der Waals surface area contributed by atoms with E-state index in [1.165, 1.54) is 0 Å². The Morgan fingerprint density at radius 3 is 2.82 bits per heavy atom. The van der Waals surface area contributed by atoms with E-state index in [0.29, 0.717) is 11.3 Å². The second-order valence-corrected chi connectivity index (χ2v) is 4.07. The molecule has 0 aromatic carbocycles. The number of carbonyl (C=O) groups is 1. The van der Waals surface area contributed by atoms with Crippen LogP contribution in [0.3, 0.4) is 0 Å². The van der Waals surface area contributed by atoms with Gasteiger partial charge in [0.2, 0.25) is 5.78 Å². The van der Waals surface area contributed by atoms with Gasteiger partial charge in [-0.25, -0.2) is 0 Å². The van der Waals surface area contributed by atoms with Crippen molar-refractivity contribution in [3.63, 3.8) is 0 Å². The first-order chi connectivity index (χ1) is 8.13. The summed E-state index contributed by atoms with van der Waals surface area (Å²) in [5.41, 5.74) is 2.02. The maximum Gasteiger partial charge on any atom is 0.214 e. The van der Waals surface area contributed by atoms with Gasteiger partial charge in [-0.15, -0.1) is 0 Å². The van der Waals surface area contributed by atoms with Crippen molar-refractivity contribution in [1.29, 1.82) is 0 Å². The van der Waals surface area contributed by atoms with Gasteiger partial charge in [0.25, 0.3) is 0 Å². The highest BCUT2D eigenvalue weighted by atomic mass is 16.1. The van der Waals surface area contributed by atoms with E-state index in [2.05, 4.69) is 17.1 Å². The lowest BCUT2D eigenvalue weighted by Gasteiger charge is -2.04. The summed E-state index contributed by atoms with van der Waals surface area (Å²) < 4.78 is 3.40. The van der Waals surface area contributed by atoms with E-state index in [0.717, 1.165) is 18.7 Å². The van der Waals surface area contributed by atoms with E-state index in [1.54, 1.807) is 27.8 Å². The van der Waals surface area contributed by atoms with E-state index in [4.69, 9.17) is 0 Å². The Labute approximate surface area is 100 Å². The Bertz CT molecular complexity index is 538. The van der Waals surface area contributed by atoms with Crippen LogP contribution in [0.25, 0.3) is 0 Å². The summed E-state index contributed by atoms with van der Waals surface area (Å²) in [5, 5.41) is 8.34. The molecule has 0 aliphatic heterocycles. The number of hydrogen-bond donors (Lipinski definition) is 0. The van der Waals surface area contributed by atoms with Crippen molar-refractivity contribution >= 4 is 5.78 Å². The van der Waals surface area contributed by atoms with Gasteiger partial charge in [-0.1, -0.05) is 6.92 Å². The Balaban J connectivity index is 2.37. The van der Waals surface area contributed by atoms with Crippen LogP contribution in [0.5, 0.6) is 0 Å². The Morgan fingerprint density at radius 2 is 2.24 bits per heavy atom. The van der Waals surface area contributed by atoms with E-state index >= 15 is 0 Å². The minimum atomic E-state index is -0.0125. The molecule has 0 bridgehead atoms. The summed E-state index contributed by atoms with van der Waals surface area (Å²) in [6.45, 7) is 4.66. The molecule has 0 radical (unpaired) electrons. The van der Waals surface area contributed by atoms with Gasteiger partial charge >= 0.3 is 0 Å². The average molecular weight is 232 g/mol. The van der Waals surface area contributed by atoms with Gasteiger partial charge in [0.1, 0.15) is 5.69 Å². The van der Waals surface area contributed by atoms with E-state index < -0.39 is 0 Å². The molecular weight excluding hydrogens is 216 g/mol. The van der Waals surface area contributed by atoms with E-state index in [1.807, 2.05) is 14.0 Å². The summed E-state index contributed by atoms with van der Waals surface area (Å²) >= 11 is 0. The second-order valence-electron chi connectivity index (χ2n) is 4.07. The lowest BCUT2D eigenvalue weighted by Crippen LogP contribution is -2.11. The van der Waals surface area contributed by atoms with Crippen molar-refractivity contribution in [2.24, 2.45) is 7.05 Å². The van der Waals surface area contributed by atoms with Crippen LogP contribution >= 0.6 is 0 Å². The average Bonchev–Trinajstić information content (AvgIpc) is 2.85. The summed E-state index contributed by atoms with van der Waals surface area (Å²) in [6.07, 6.45) is 4.36. The summed E-state index contributed by atoms with van der Waals surface area (Å²) in [4.78, 5) is 12.3. The third-order valence-corrected chi connectivity index (χ3v) is 2.64. The molecule has 0 fully saturated rings. The van der Waals surface area contributed by atoms with Crippen molar-refractivity contribution in [2.45, 2.75) is 26.8 Å². The lowest BCUT2D eigenvalue weighted by molar-refractivity contribution is 0.102. The molecule has 5 nitrogen and oxygen atoms in total. The molecule has 5 heteroatoms. The number of aromatic nitrogens is 4. The van der Waals surface area contributed by atoms with Gasteiger partial charge in [-0.3, -0.25) is 14.2 Å². The molecule has 0 unspecified atom stereocenters. The van der Waals surface area contributed by atoms with E-state index in [9.17, 15) is 4.79 Å². The standard InChI is InChI=1S/C12H16N4O/c1-4-7-16-11(5-6-13-16)12(17)10-8-15(3)14-9(10)2/h5-6,8H,4,7H2,1-3H3. The highest BCUT2D eigenvalue weighted by Gasteiger charge is 2.18. The highest BCUT2D eigenvalue weighted by molar-refractivity contribution is 6.08. The smallest absolute Gasteiger partial charge is 0.214 e. The van der Waals surface area contributed by atoms with Crippen LogP contribution in [0.15, 0.2) is 18.5 Å². The summed E-state index contributed by atoms with van der Waals surface area (Å²) in [6, 6.07) is 1.75. The topological polar surface area (TPSA) is 52.7 Å². The first kappa shape index (κ1) is 11.6.